The van der Waals surface area contributed by atoms with Gasteiger partial charge in [0.25, 0.3) is 0 Å². The van der Waals surface area contributed by atoms with Gasteiger partial charge >= 0.3 is 0 Å². The summed E-state index contributed by atoms with van der Waals surface area (Å²) in [5, 5.41) is 9.97. The monoisotopic (exact) mass is 994 g/mol. The van der Waals surface area contributed by atoms with E-state index in [2.05, 4.69) is 98.5 Å². The van der Waals surface area contributed by atoms with E-state index in [0.717, 1.165) is 82.1 Å². The first kappa shape index (κ1) is 51.1. The Balaban J connectivity index is 0.000000189. The van der Waals surface area contributed by atoms with Gasteiger partial charge in [-0.25, -0.2) is 8.78 Å². The van der Waals surface area contributed by atoms with Crippen LogP contribution in [0.1, 0.15) is 89.6 Å². The molecule has 11 rings (SSSR count). The van der Waals surface area contributed by atoms with E-state index in [1.807, 2.05) is 54.6 Å². The Hall–Kier alpha value is -6.22. The van der Waals surface area contributed by atoms with E-state index < -0.39 is 0 Å². The number of anilines is 4. The molecule has 2 saturated heterocycles. The third-order valence-corrected chi connectivity index (χ3v) is 14.7. The van der Waals surface area contributed by atoms with Crippen LogP contribution in [0.3, 0.4) is 0 Å². The lowest BCUT2D eigenvalue weighted by molar-refractivity contribution is 0.305. The predicted molar refractivity (Wildman–Crippen MR) is 293 cm³/mol. The lowest BCUT2D eigenvalue weighted by Gasteiger charge is -2.39. The van der Waals surface area contributed by atoms with Crippen molar-refractivity contribution in [1.82, 2.24) is 0 Å². The third kappa shape index (κ3) is 12.6. The number of hydrogen-bond donors (Lipinski definition) is 1. The van der Waals surface area contributed by atoms with Crippen LogP contribution < -0.4 is 24.3 Å². The van der Waals surface area contributed by atoms with Crippen molar-refractivity contribution in [2.24, 2.45) is 0 Å². The minimum absolute atomic E-state index is 0. The molecule has 0 bridgehead atoms. The van der Waals surface area contributed by atoms with Gasteiger partial charge in [-0.15, -0.1) is 24.8 Å². The number of halogens is 4. The van der Waals surface area contributed by atoms with Crippen LogP contribution >= 0.6 is 24.8 Å². The number of piperidine rings is 2. The van der Waals surface area contributed by atoms with Crippen molar-refractivity contribution in [3.05, 3.63) is 214 Å². The molecule has 370 valence electrons. The summed E-state index contributed by atoms with van der Waals surface area (Å²) in [6, 6.07) is 54.8. The smallest absolute Gasteiger partial charge is 0.123 e. The number of benzene rings is 7. The second kappa shape index (κ2) is 24.3. The normalized spacial score (nSPS) is 17.4. The highest BCUT2D eigenvalue weighted by atomic mass is 35.5. The number of rotatable bonds is 11. The van der Waals surface area contributed by atoms with Gasteiger partial charge in [-0.05, 0) is 200 Å². The van der Waals surface area contributed by atoms with Gasteiger partial charge in [0.2, 0.25) is 0 Å². The Morgan fingerprint density at radius 1 is 0.437 bits per heavy atom. The molecule has 0 aliphatic carbocycles. The number of nitrogens with zero attached hydrogens (tertiary/aromatic N) is 4. The Morgan fingerprint density at radius 3 is 1.35 bits per heavy atom. The fraction of sp³-hybridized carbons (Fsp3) is 0.311. The van der Waals surface area contributed by atoms with E-state index in [9.17, 15) is 13.9 Å². The summed E-state index contributed by atoms with van der Waals surface area (Å²) in [7, 11) is 0. The SMILES string of the molecule is Cl.Cl.Fc1ccc(N2CCc3cc(OCc4ccccc4)ccc3C2Cc2ccc(N3CCCCC3)cc2)cc1.Oc1ccc2c(c1)CCN(c1ccc(F)cc1)C2Cc1ccc(N2CCCCC2)cc1. The van der Waals surface area contributed by atoms with Crippen LogP contribution in [-0.2, 0) is 32.3 Å². The van der Waals surface area contributed by atoms with Crippen LogP contribution in [-0.4, -0.2) is 44.4 Å². The maximum atomic E-state index is 13.7. The lowest BCUT2D eigenvalue weighted by atomic mass is 9.88. The van der Waals surface area contributed by atoms with Crippen LogP contribution in [0.15, 0.2) is 164 Å². The Kier molecular flexibility index (Phi) is 17.5. The molecule has 7 aromatic rings. The molecule has 6 nitrogen and oxygen atoms in total. The minimum atomic E-state index is -0.212. The van der Waals surface area contributed by atoms with Gasteiger partial charge in [0, 0.05) is 62.0 Å². The third-order valence-electron chi connectivity index (χ3n) is 14.7. The van der Waals surface area contributed by atoms with Crippen LogP contribution in [0, 0.1) is 11.6 Å². The van der Waals surface area contributed by atoms with Crippen molar-refractivity contribution >= 4 is 47.6 Å². The van der Waals surface area contributed by atoms with Crippen molar-refractivity contribution in [2.45, 2.75) is 82.9 Å². The first-order chi connectivity index (χ1) is 33.9. The van der Waals surface area contributed by atoms with E-state index >= 15 is 0 Å². The zero-order chi connectivity index (χ0) is 46.9. The number of hydrogen-bond acceptors (Lipinski definition) is 6. The van der Waals surface area contributed by atoms with Gasteiger partial charge < -0.3 is 29.4 Å². The molecule has 4 aliphatic heterocycles. The average molecular weight is 996 g/mol. The molecule has 0 saturated carbocycles. The molecule has 0 spiro atoms. The summed E-state index contributed by atoms with van der Waals surface area (Å²) >= 11 is 0. The number of aromatic hydroxyl groups is 1. The van der Waals surface area contributed by atoms with Crippen molar-refractivity contribution < 1.29 is 18.6 Å². The van der Waals surface area contributed by atoms with Crippen molar-refractivity contribution in [3.63, 3.8) is 0 Å². The molecule has 7 aromatic carbocycles. The number of phenols is 1. The van der Waals surface area contributed by atoms with Crippen molar-refractivity contribution in [1.29, 1.82) is 0 Å². The largest absolute Gasteiger partial charge is 0.508 e. The van der Waals surface area contributed by atoms with Crippen molar-refractivity contribution in [3.8, 4) is 11.5 Å². The summed E-state index contributed by atoms with van der Waals surface area (Å²) in [6.07, 6.45) is 11.4. The van der Waals surface area contributed by atoms with Gasteiger partial charge in [-0.3, -0.25) is 0 Å². The number of phenolic OH excluding ortho intramolecular Hbond substituents is 1. The van der Waals surface area contributed by atoms with Crippen LogP contribution in [0.4, 0.5) is 31.5 Å². The molecule has 2 atom stereocenters. The molecule has 2 unspecified atom stereocenters. The van der Waals surface area contributed by atoms with Crippen LogP contribution in [0.5, 0.6) is 11.5 Å². The van der Waals surface area contributed by atoms with Gasteiger partial charge in [-0.1, -0.05) is 66.7 Å². The number of fused-ring (bicyclic) bond motifs is 2. The molecule has 4 heterocycles. The zero-order valence-electron chi connectivity index (χ0n) is 40.5. The summed E-state index contributed by atoms with van der Waals surface area (Å²) in [5.74, 6) is 0.818. The summed E-state index contributed by atoms with van der Waals surface area (Å²) in [4.78, 5) is 9.80. The molecular weight excluding hydrogens is 930 g/mol. The molecule has 0 aromatic heterocycles. The van der Waals surface area contributed by atoms with Crippen LogP contribution in [0.2, 0.25) is 0 Å². The second-order valence-electron chi connectivity index (χ2n) is 19.2. The maximum absolute atomic E-state index is 13.7. The molecular formula is C61H66Cl2F2N4O2. The highest BCUT2D eigenvalue weighted by Gasteiger charge is 2.30. The average Bonchev–Trinajstić information content (AvgIpc) is 3.40. The topological polar surface area (TPSA) is 42.4 Å². The first-order valence-electron chi connectivity index (χ1n) is 25.2. The van der Waals surface area contributed by atoms with Crippen LogP contribution in [0.25, 0.3) is 0 Å². The predicted octanol–water partition coefficient (Wildman–Crippen LogP) is 14.5. The molecule has 2 fully saturated rings. The zero-order valence-corrected chi connectivity index (χ0v) is 42.1. The second-order valence-corrected chi connectivity index (χ2v) is 19.2. The number of ether oxygens (including phenoxy) is 1. The molecule has 0 amide bonds. The molecule has 71 heavy (non-hydrogen) atoms. The fourth-order valence-corrected chi connectivity index (χ4v) is 11.0. The molecule has 0 radical (unpaired) electrons. The Labute approximate surface area is 431 Å². The van der Waals surface area contributed by atoms with Gasteiger partial charge in [-0.2, -0.15) is 0 Å². The Morgan fingerprint density at radius 2 is 0.873 bits per heavy atom. The van der Waals surface area contributed by atoms with Gasteiger partial charge in [0.1, 0.15) is 29.7 Å². The van der Waals surface area contributed by atoms with Gasteiger partial charge in [0.15, 0.2) is 0 Å². The molecule has 10 heteroatoms. The summed E-state index contributed by atoms with van der Waals surface area (Å²) < 4.78 is 33.4. The maximum Gasteiger partial charge on any atom is 0.123 e. The van der Waals surface area contributed by atoms with Gasteiger partial charge in [0.05, 0.1) is 12.1 Å². The standard InChI is InChI=1S/C34H35FN2O.C27H29FN2O.2ClH/c35-29-11-15-31(16-12-29)37-22-19-28-24-32(38-25-27-7-3-1-4-8-27)17-18-33(28)34(37)23-26-9-13-30(14-10-26)36-20-5-2-6-21-36;28-22-6-10-24(11-7-22)30-17-14-21-19-25(31)12-13-26(21)27(30)18-20-4-8-23(9-5-20)29-15-2-1-3-16-29;;/h1,3-4,7-18,24,34H,2,5-6,19-23,25H2;4-13,19,27,31H,1-3,14-18H2;2*1H. The molecule has 1 N–H and O–H groups in total. The highest BCUT2D eigenvalue weighted by Crippen LogP contribution is 2.40. The fourth-order valence-electron chi connectivity index (χ4n) is 11.0. The van der Waals surface area contributed by atoms with Crippen molar-refractivity contribution in [2.75, 3.05) is 58.9 Å². The summed E-state index contributed by atoms with van der Waals surface area (Å²) in [6.45, 7) is 6.91. The quantitative estimate of drug-likeness (QED) is 0.139. The molecule has 4 aliphatic rings. The summed E-state index contributed by atoms with van der Waals surface area (Å²) in [5.41, 5.74) is 13.6. The minimum Gasteiger partial charge on any atom is -0.508 e. The van der Waals surface area contributed by atoms with E-state index in [1.165, 1.54) is 101 Å². The van der Waals surface area contributed by atoms with E-state index in [1.54, 1.807) is 18.2 Å². The Bertz CT molecular complexity index is 2750. The van der Waals surface area contributed by atoms with E-state index in [-0.39, 0.29) is 48.5 Å². The first-order valence-corrected chi connectivity index (χ1v) is 25.2. The van der Waals surface area contributed by atoms with E-state index in [0.29, 0.717) is 12.4 Å². The highest BCUT2D eigenvalue weighted by molar-refractivity contribution is 5.85. The van der Waals surface area contributed by atoms with E-state index in [4.69, 9.17) is 4.74 Å². The lowest BCUT2D eigenvalue weighted by Crippen LogP contribution is -2.36.